The minimum Gasteiger partial charge on any atom is -0.360 e. The minimum atomic E-state index is -0.809. The number of carbonyl (C=O) groups is 2. The maximum absolute atomic E-state index is 13.3. The summed E-state index contributed by atoms with van der Waals surface area (Å²) in [6, 6.07) is 10.2. The smallest absolute Gasteiger partial charge is 0.247 e. The van der Waals surface area contributed by atoms with Crippen molar-refractivity contribution >= 4 is 17.6 Å². The summed E-state index contributed by atoms with van der Waals surface area (Å²) < 4.78 is 18.2. The molecule has 2 N–H and O–H groups in total. The third kappa shape index (κ3) is 5.47. The summed E-state index contributed by atoms with van der Waals surface area (Å²) in [7, 11) is 0. The van der Waals surface area contributed by atoms with Crippen molar-refractivity contribution in [3.8, 4) is 0 Å². The first-order chi connectivity index (χ1) is 13.9. The van der Waals surface area contributed by atoms with Crippen molar-refractivity contribution in [3.05, 3.63) is 77.6 Å². The topological polar surface area (TPSA) is 97.1 Å². The van der Waals surface area contributed by atoms with E-state index in [9.17, 15) is 14.0 Å². The van der Waals surface area contributed by atoms with Crippen molar-refractivity contribution in [3.63, 3.8) is 0 Å². The lowest BCUT2D eigenvalue weighted by Gasteiger charge is -2.20. The van der Waals surface area contributed by atoms with Crippen LogP contribution in [0.4, 0.5) is 10.2 Å². The van der Waals surface area contributed by atoms with Gasteiger partial charge in [0.25, 0.3) is 0 Å². The molecule has 0 fully saturated rings. The van der Waals surface area contributed by atoms with E-state index in [4.69, 9.17) is 4.52 Å². The van der Waals surface area contributed by atoms with Gasteiger partial charge in [0.2, 0.25) is 11.8 Å². The number of anilines is 1. The number of carbonyl (C=O) groups excluding carboxylic acids is 2. The van der Waals surface area contributed by atoms with Gasteiger partial charge in [-0.15, -0.1) is 0 Å². The number of halogens is 1. The van der Waals surface area contributed by atoms with Gasteiger partial charge in [-0.3, -0.25) is 14.6 Å². The molecular weight excluding hydrogens is 375 g/mol. The average Bonchev–Trinajstić information content (AvgIpc) is 3.12. The number of amides is 2. The normalized spacial score (nSPS) is 12.8. The molecule has 8 heteroatoms. The summed E-state index contributed by atoms with van der Waals surface area (Å²) >= 11 is 0. The van der Waals surface area contributed by atoms with Crippen LogP contribution in [-0.2, 0) is 16.0 Å². The van der Waals surface area contributed by atoms with Crippen LogP contribution in [0.5, 0.6) is 0 Å². The number of aromatic nitrogens is 2. The molecule has 0 aliphatic rings. The number of benzene rings is 1. The first-order valence-electron chi connectivity index (χ1n) is 9.11. The van der Waals surface area contributed by atoms with Gasteiger partial charge >= 0.3 is 0 Å². The molecular formula is C21H21FN4O3. The molecule has 0 bridgehead atoms. The van der Waals surface area contributed by atoms with Gasteiger partial charge in [-0.2, -0.15) is 0 Å². The Morgan fingerprint density at radius 1 is 1.17 bits per heavy atom. The van der Waals surface area contributed by atoms with Gasteiger partial charge < -0.3 is 15.2 Å². The minimum absolute atomic E-state index is 0.277. The number of hydrogen-bond acceptors (Lipinski definition) is 5. The van der Waals surface area contributed by atoms with Gasteiger partial charge in [-0.05, 0) is 49.6 Å². The lowest BCUT2D eigenvalue weighted by molar-refractivity contribution is -0.127. The second-order valence-corrected chi connectivity index (χ2v) is 6.71. The molecule has 150 valence electrons. The zero-order chi connectivity index (χ0) is 20.8. The van der Waals surface area contributed by atoms with E-state index >= 15 is 0 Å². The fraction of sp³-hybridized carbons (Fsp3) is 0.238. The maximum Gasteiger partial charge on any atom is 0.247 e. The van der Waals surface area contributed by atoms with Crippen LogP contribution in [-0.4, -0.2) is 28.0 Å². The van der Waals surface area contributed by atoms with E-state index in [0.29, 0.717) is 17.7 Å². The molecule has 0 spiro atoms. The lowest BCUT2D eigenvalue weighted by Crippen LogP contribution is -2.44. The summed E-state index contributed by atoms with van der Waals surface area (Å²) in [4.78, 5) is 29.4. The molecule has 0 radical (unpaired) electrons. The van der Waals surface area contributed by atoms with Crippen LogP contribution in [0, 0.1) is 12.7 Å². The van der Waals surface area contributed by atoms with Crippen LogP contribution in [0.3, 0.4) is 0 Å². The van der Waals surface area contributed by atoms with Gasteiger partial charge in [-0.25, -0.2) is 4.39 Å². The standard InChI is InChI=1S/C21H21FN4O3/c1-13-10-19(26-29-13)25-20(27)14(2)24-21(28)18(11-15-4-3-9-23-12-15)16-5-7-17(22)8-6-16/h3-10,12,14,18H,11H2,1-2H3,(H,24,28)(H,25,26,27)/t14-,18?/m0/s1. The molecule has 2 aromatic heterocycles. The van der Waals surface area contributed by atoms with Gasteiger partial charge in [0.15, 0.2) is 5.82 Å². The van der Waals surface area contributed by atoms with Crippen LogP contribution in [0.1, 0.15) is 29.7 Å². The second-order valence-electron chi connectivity index (χ2n) is 6.71. The van der Waals surface area contributed by atoms with Gasteiger partial charge in [0.1, 0.15) is 17.6 Å². The van der Waals surface area contributed by atoms with E-state index in [2.05, 4.69) is 20.8 Å². The predicted octanol–water partition coefficient (Wildman–Crippen LogP) is 2.99. The molecule has 3 rings (SSSR count). The Morgan fingerprint density at radius 3 is 2.55 bits per heavy atom. The van der Waals surface area contributed by atoms with Crippen molar-refractivity contribution in [1.29, 1.82) is 0 Å². The number of hydrogen-bond donors (Lipinski definition) is 2. The van der Waals surface area contributed by atoms with Crippen LogP contribution in [0.15, 0.2) is 59.4 Å². The van der Waals surface area contributed by atoms with E-state index in [-0.39, 0.29) is 17.5 Å². The summed E-state index contributed by atoms with van der Waals surface area (Å²) in [6.07, 6.45) is 3.68. The lowest BCUT2D eigenvalue weighted by atomic mass is 9.91. The number of pyridine rings is 1. The Morgan fingerprint density at radius 2 is 1.93 bits per heavy atom. The monoisotopic (exact) mass is 396 g/mol. The van der Waals surface area contributed by atoms with E-state index < -0.39 is 17.9 Å². The number of nitrogens with zero attached hydrogens (tertiary/aromatic N) is 2. The highest BCUT2D eigenvalue weighted by Gasteiger charge is 2.25. The van der Waals surface area contributed by atoms with Crippen LogP contribution >= 0.6 is 0 Å². The average molecular weight is 396 g/mol. The Kier molecular flexibility index (Phi) is 6.33. The molecule has 2 heterocycles. The maximum atomic E-state index is 13.3. The summed E-state index contributed by atoms with van der Waals surface area (Å²) in [6.45, 7) is 3.28. The number of aryl methyl sites for hydroxylation is 1. The highest BCUT2D eigenvalue weighted by molar-refractivity contribution is 5.97. The van der Waals surface area contributed by atoms with Gasteiger partial charge in [0.05, 0.1) is 5.92 Å². The van der Waals surface area contributed by atoms with E-state index in [1.807, 2.05) is 6.07 Å². The van der Waals surface area contributed by atoms with Crippen LogP contribution in [0.2, 0.25) is 0 Å². The molecule has 3 aromatic rings. The highest BCUT2D eigenvalue weighted by Crippen LogP contribution is 2.22. The fourth-order valence-electron chi connectivity index (χ4n) is 2.85. The van der Waals surface area contributed by atoms with Crippen LogP contribution in [0.25, 0.3) is 0 Å². The van der Waals surface area contributed by atoms with Crippen molar-refractivity contribution < 1.29 is 18.5 Å². The van der Waals surface area contributed by atoms with Gasteiger partial charge in [-0.1, -0.05) is 23.4 Å². The zero-order valence-corrected chi connectivity index (χ0v) is 16.1. The SMILES string of the molecule is Cc1cc(NC(=O)[C@H](C)NC(=O)C(Cc2cccnc2)c2ccc(F)cc2)no1. The third-order valence-corrected chi connectivity index (χ3v) is 4.38. The number of nitrogens with one attached hydrogen (secondary N) is 2. The highest BCUT2D eigenvalue weighted by atomic mass is 19.1. The van der Waals surface area contributed by atoms with Gasteiger partial charge in [0, 0.05) is 18.5 Å². The summed E-state index contributed by atoms with van der Waals surface area (Å²) in [5, 5.41) is 9.00. The second kappa shape index (κ2) is 9.09. The first-order valence-corrected chi connectivity index (χ1v) is 9.11. The molecule has 0 aliphatic heterocycles. The molecule has 1 unspecified atom stereocenters. The first kappa shape index (κ1) is 20.2. The molecule has 0 saturated carbocycles. The molecule has 29 heavy (non-hydrogen) atoms. The molecule has 2 atom stereocenters. The Hall–Kier alpha value is -3.55. The fourth-order valence-corrected chi connectivity index (χ4v) is 2.85. The summed E-state index contributed by atoms with van der Waals surface area (Å²) in [5.41, 5.74) is 1.50. The Balaban J connectivity index is 1.73. The summed E-state index contributed by atoms with van der Waals surface area (Å²) in [5.74, 6) is -0.927. The van der Waals surface area contributed by atoms with Crippen molar-refractivity contribution in [2.24, 2.45) is 0 Å². The van der Waals surface area contributed by atoms with Crippen molar-refractivity contribution in [2.45, 2.75) is 32.2 Å². The van der Waals surface area contributed by atoms with Crippen molar-refractivity contribution in [1.82, 2.24) is 15.5 Å². The van der Waals surface area contributed by atoms with E-state index in [1.54, 1.807) is 50.5 Å². The third-order valence-electron chi connectivity index (χ3n) is 4.38. The van der Waals surface area contributed by atoms with Crippen LogP contribution < -0.4 is 10.6 Å². The van der Waals surface area contributed by atoms with E-state index in [1.165, 1.54) is 12.1 Å². The molecule has 2 amide bonds. The molecule has 7 nitrogen and oxygen atoms in total. The quantitative estimate of drug-likeness (QED) is 0.640. The molecule has 0 aliphatic carbocycles. The number of rotatable bonds is 7. The largest absolute Gasteiger partial charge is 0.360 e. The molecule has 1 aromatic carbocycles. The zero-order valence-electron chi connectivity index (χ0n) is 16.1. The predicted molar refractivity (Wildman–Crippen MR) is 105 cm³/mol. The Bertz CT molecular complexity index is 973. The van der Waals surface area contributed by atoms with E-state index in [0.717, 1.165) is 5.56 Å². The van der Waals surface area contributed by atoms with Crippen molar-refractivity contribution in [2.75, 3.05) is 5.32 Å². The molecule has 0 saturated heterocycles. The Labute approximate surface area is 167 Å².